The zero-order chi connectivity index (χ0) is 17.3. The summed E-state index contributed by atoms with van der Waals surface area (Å²) in [5.74, 6) is 0.885. The molecule has 0 radical (unpaired) electrons. The lowest BCUT2D eigenvalue weighted by Gasteiger charge is -2.32. The lowest BCUT2D eigenvalue weighted by Crippen LogP contribution is -2.38. The van der Waals surface area contributed by atoms with Gasteiger partial charge in [-0.1, -0.05) is 30.3 Å². The highest BCUT2D eigenvalue weighted by molar-refractivity contribution is 5.82. The lowest BCUT2D eigenvalue weighted by molar-refractivity contribution is 0.211. The summed E-state index contributed by atoms with van der Waals surface area (Å²) in [6.07, 6.45) is 8.31. The quantitative estimate of drug-likeness (QED) is 0.767. The van der Waals surface area contributed by atoms with E-state index >= 15 is 0 Å². The number of fused-ring (bicyclic) bond motifs is 1. The molecular formula is C20H24N6. The Morgan fingerprint density at radius 2 is 1.77 bits per heavy atom. The first kappa shape index (κ1) is 15.8. The highest BCUT2D eigenvalue weighted by atomic mass is 15.2. The van der Waals surface area contributed by atoms with E-state index in [0.717, 1.165) is 49.5 Å². The molecule has 26 heavy (non-hydrogen) atoms. The molecule has 0 atom stereocenters. The van der Waals surface area contributed by atoms with Crippen LogP contribution in [-0.2, 0) is 6.54 Å². The number of imidazole rings is 1. The van der Waals surface area contributed by atoms with Gasteiger partial charge in [0.1, 0.15) is 11.8 Å². The smallest absolute Gasteiger partial charge is 0.165 e. The molecule has 0 unspecified atom stereocenters. The molecule has 3 aromatic rings. The summed E-state index contributed by atoms with van der Waals surface area (Å²) in [4.78, 5) is 16.0. The van der Waals surface area contributed by atoms with Gasteiger partial charge in [-0.2, -0.15) is 0 Å². The fourth-order valence-corrected chi connectivity index (χ4v) is 3.85. The van der Waals surface area contributed by atoms with E-state index in [1.807, 2.05) is 6.33 Å². The van der Waals surface area contributed by atoms with Crippen LogP contribution in [0.2, 0.25) is 0 Å². The summed E-state index contributed by atoms with van der Waals surface area (Å²) >= 11 is 0. The second kappa shape index (κ2) is 6.68. The van der Waals surface area contributed by atoms with Crippen LogP contribution < -0.4 is 5.32 Å². The Morgan fingerprint density at radius 1 is 0.962 bits per heavy atom. The molecule has 1 aliphatic carbocycles. The van der Waals surface area contributed by atoms with Crippen molar-refractivity contribution in [2.45, 2.75) is 44.3 Å². The average Bonchev–Trinajstić information content (AvgIpc) is 3.43. The van der Waals surface area contributed by atoms with Gasteiger partial charge < -0.3 is 9.88 Å². The number of rotatable bonds is 5. The number of anilines is 1. The number of benzene rings is 1. The highest BCUT2D eigenvalue weighted by Crippen LogP contribution is 2.37. The molecule has 0 amide bonds. The number of hydrogen-bond acceptors (Lipinski definition) is 5. The molecule has 3 heterocycles. The molecule has 1 aromatic carbocycles. The van der Waals surface area contributed by atoms with Gasteiger partial charge in [0.05, 0.1) is 6.33 Å². The Bertz CT molecular complexity index is 878. The zero-order valence-corrected chi connectivity index (χ0v) is 14.9. The predicted molar refractivity (Wildman–Crippen MR) is 102 cm³/mol. The van der Waals surface area contributed by atoms with E-state index in [1.54, 1.807) is 6.33 Å². The summed E-state index contributed by atoms with van der Waals surface area (Å²) in [5.41, 5.74) is 3.26. The fourth-order valence-electron chi connectivity index (χ4n) is 3.85. The third kappa shape index (κ3) is 3.17. The normalized spacial score (nSPS) is 19.1. The molecule has 6 heteroatoms. The lowest BCUT2D eigenvalue weighted by atomic mass is 10.0. The topological polar surface area (TPSA) is 58.9 Å². The van der Waals surface area contributed by atoms with Crippen LogP contribution in [0.1, 0.15) is 37.3 Å². The number of hydrogen-bond donors (Lipinski definition) is 1. The van der Waals surface area contributed by atoms with Crippen LogP contribution in [0.5, 0.6) is 0 Å². The van der Waals surface area contributed by atoms with Gasteiger partial charge in [0, 0.05) is 31.7 Å². The maximum Gasteiger partial charge on any atom is 0.165 e. The van der Waals surface area contributed by atoms with E-state index in [-0.39, 0.29) is 0 Å². The minimum atomic E-state index is 0.450. The van der Waals surface area contributed by atoms with Gasteiger partial charge in [-0.3, -0.25) is 4.90 Å². The molecule has 1 saturated heterocycles. The van der Waals surface area contributed by atoms with E-state index < -0.39 is 0 Å². The predicted octanol–water partition coefficient (Wildman–Crippen LogP) is 3.24. The van der Waals surface area contributed by atoms with Crippen molar-refractivity contribution in [3.8, 4) is 0 Å². The number of nitrogens with one attached hydrogen (secondary N) is 1. The summed E-state index contributed by atoms with van der Waals surface area (Å²) in [6.45, 7) is 3.26. The van der Waals surface area contributed by atoms with Gasteiger partial charge in [0.2, 0.25) is 0 Å². The summed E-state index contributed by atoms with van der Waals surface area (Å²) in [5, 5.41) is 3.63. The Balaban J connectivity index is 1.23. The first-order valence-corrected chi connectivity index (χ1v) is 9.57. The maximum atomic E-state index is 4.58. The number of aromatic nitrogens is 4. The Labute approximate surface area is 153 Å². The third-order valence-corrected chi connectivity index (χ3v) is 5.48. The largest absolute Gasteiger partial charge is 0.365 e. The van der Waals surface area contributed by atoms with Crippen molar-refractivity contribution in [3.63, 3.8) is 0 Å². The summed E-state index contributed by atoms with van der Waals surface area (Å²) in [7, 11) is 0. The van der Waals surface area contributed by atoms with Gasteiger partial charge in [-0.15, -0.1) is 0 Å². The summed E-state index contributed by atoms with van der Waals surface area (Å²) < 4.78 is 2.20. The van der Waals surface area contributed by atoms with Gasteiger partial charge in [0.15, 0.2) is 11.5 Å². The fraction of sp³-hybridized carbons (Fsp3) is 0.450. The minimum absolute atomic E-state index is 0.450. The molecule has 0 spiro atoms. The van der Waals surface area contributed by atoms with Crippen molar-refractivity contribution < 1.29 is 0 Å². The van der Waals surface area contributed by atoms with Crippen LogP contribution in [0, 0.1) is 0 Å². The molecule has 6 nitrogen and oxygen atoms in total. The van der Waals surface area contributed by atoms with Crippen molar-refractivity contribution in [1.29, 1.82) is 0 Å². The van der Waals surface area contributed by atoms with Crippen LogP contribution in [-0.4, -0.2) is 43.6 Å². The molecule has 2 aromatic heterocycles. The number of likely N-dealkylation sites (tertiary alicyclic amines) is 1. The first-order chi connectivity index (χ1) is 12.9. The van der Waals surface area contributed by atoms with Crippen LogP contribution in [0.25, 0.3) is 11.2 Å². The Hall–Kier alpha value is -2.47. The van der Waals surface area contributed by atoms with E-state index in [2.05, 4.69) is 60.1 Å². The highest BCUT2D eigenvalue weighted by Gasteiger charge is 2.27. The standard InChI is InChI=1S/C20H24N6/c1-2-4-15(5-3-1)12-25-10-8-16(9-11-25)24-19-18-20(22-13-21-19)26(14-23-18)17-6-7-17/h1-5,13-14,16-17H,6-12H2,(H,21,22,24). The van der Waals surface area contributed by atoms with Crippen molar-refractivity contribution in [1.82, 2.24) is 24.4 Å². The SMILES string of the molecule is c1ccc(CN2CCC(Nc3ncnc4c3ncn4C3CC3)CC2)cc1. The van der Waals surface area contributed by atoms with Gasteiger partial charge >= 0.3 is 0 Å². The molecule has 1 N–H and O–H groups in total. The van der Waals surface area contributed by atoms with Crippen LogP contribution in [0.3, 0.4) is 0 Å². The minimum Gasteiger partial charge on any atom is -0.365 e. The van der Waals surface area contributed by atoms with Crippen LogP contribution in [0.4, 0.5) is 5.82 Å². The van der Waals surface area contributed by atoms with Crippen molar-refractivity contribution in [2.75, 3.05) is 18.4 Å². The number of nitrogens with zero attached hydrogens (tertiary/aromatic N) is 5. The second-order valence-electron chi connectivity index (χ2n) is 7.46. The Morgan fingerprint density at radius 3 is 2.54 bits per heavy atom. The molecule has 2 aliphatic rings. The zero-order valence-electron chi connectivity index (χ0n) is 14.9. The molecule has 5 rings (SSSR count). The van der Waals surface area contributed by atoms with Crippen LogP contribution >= 0.6 is 0 Å². The summed E-state index contributed by atoms with van der Waals surface area (Å²) in [6, 6.07) is 11.8. The third-order valence-electron chi connectivity index (χ3n) is 5.48. The van der Waals surface area contributed by atoms with Gasteiger partial charge in [0.25, 0.3) is 0 Å². The molecular weight excluding hydrogens is 324 g/mol. The van der Waals surface area contributed by atoms with E-state index in [1.165, 1.54) is 18.4 Å². The monoisotopic (exact) mass is 348 g/mol. The van der Waals surface area contributed by atoms with Gasteiger partial charge in [-0.05, 0) is 31.2 Å². The van der Waals surface area contributed by atoms with Crippen molar-refractivity contribution >= 4 is 17.0 Å². The molecule has 2 fully saturated rings. The number of piperidine rings is 1. The van der Waals surface area contributed by atoms with Crippen molar-refractivity contribution in [2.24, 2.45) is 0 Å². The van der Waals surface area contributed by atoms with E-state index in [4.69, 9.17) is 0 Å². The Kier molecular flexibility index (Phi) is 4.05. The van der Waals surface area contributed by atoms with Crippen molar-refractivity contribution in [3.05, 3.63) is 48.5 Å². The first-order valence-electron chi connectivity index (χ1n) is 9.57. The van der Waals surface area contributed by atoms with E-state index in [9.17, 15) is 0 Å². The molecule has 0 bridgehead atoms. The molecule has 1 aliphatic heterocycles. The molecule has 1 saturated carbocycles. The van der Waals surface area contributed by atoms with Crippen LogP contribution in [0.15, 0.2) is 43.0 Å². The molecule has 134 valence electrons. The average molecular weight is 348 g/mol. The van der Waals surface area contributed by atoms with E-state index in [0.29, 0.717) is 12.1 Å². The second-order valence-corrected chi connectivity index (χ2v) is 7.46. The van der Waals surface area contributed by atoms with Gasteiger partial charge in [-0.25, -0.2) is 15.0 Å². The maximum absolute atomic E-state index is 4.58.